The molecule has 13 nitrogen and oxygen atoms in total. The molecule has 5 heterocycles. The molecular weight excluding hydrogens is 621 g/mol. The third-order valence-electron chi connectivity index (χ3n) is 8.82. The molecule has 0 bridgehead atoms. The van der Waals surface area contributed by atoms with Crippen LogP contribution in [0.15, 0.2) is 12.5 Å². The van der Waals surface area contributed by atoms with E-state index >= 15 is 0 Å². The molecule has 3 fully saturated rings. The van der Waals surface area contributed by atoms with Crippen LogP contribution < -0.4 is 10.6 Å². The maximum Gasteiger partial charge on any atom is 0.416 e. The van der Waals surface area contributed by atoms with Crippen molar-refractivity contribution in [1.29, 1.82) is 0 Å². The topological polar surface area (TPSA) is 150 Å². The van der Waals surface area contributed by atoms with Crippen LogP contribution in [0.2, 0.25) is 0 Å². The number of aromatic nitrogens is 7. The first-order valence-corrected chi connectivity index (χ1v) is 15.3. The van der Waals surface area contributed by atoms with Crippen molar-refractivity contribution in [3.63, 3.8) is 0 Å². The molecule has 6 rings (SSSR count). The fourth-order valence-electron chi connectivity index (χ4n) is 6.31. The van der Waals surface area contributed by atoms with Crippen LogP contribution in [0.4, 0.5) is 22.0 Å². The molecule has 2 unspecified atom stereocenters. The Balaban J connectivity index is 1.35. The lowest BCUT2D eigenvalue weighted by atomic mass is 9.81. The summed E-state index contributed by atoms with van der Waals surface area (Å²) in [6, 6.07) is -0.802. The Bertz CT molecular complexity index is 1560. The number of nitrogens with one attached hydrogen (secondary N) is 2. The number of aryl methyl sites for hydroxylation is 1. The van der Waals surface area contributed by atoms with E-state index in [1.165, 1.54) is 21.7 Å². The average Bonchev–Trinajstić information content (AvgIpc) is 3.67. The van der Waals surface area contributed by atoms with E-state index in [9.17, 15) is 31.5 Å². The number of alkyl halides is 5. The first kappa shape index (κ1) is 32.2. The number of imidazole rings is 1. The molecule has 3 aromatic heterocycles. The van der Waals surface area contributed by atoms with Gasteiger partial charge in [-0.05, 0) is 38.5 Å². The highest BCUT2D eigenvalue weighted by Gasteiger charge is 2.46. The Labute approximate surface area is 259 Å². The number of carbonyl (C=O) groups is 2. The van der Waals surface area contributed by atoms with Crippen LogP contribution in [0.1, 0.15) is 85.1 Å². The molecule has 250 valence electrons. The van der Waals surface area contributed by atoms with Gasteiger partial charge in [0.1, 0.15) is 12.4 Å². The average molecular weight is 656 g/mol. The smallest absolute Gasteiger partial charge is 0.381 e. The number of amides is 2. The lowest BCUT2D eigenvalue weighted by molar-refractivity contribution is -0.237. The van der Waals surface area contributed by atoms with Gasteiger partial charge in [-0.1, -0.05) is 0 Å². The van der Waals surface area contributed by atoms with Gasteiger partial charge in [0.2, 0.25) is 17.7 Å². The van der Waals surface area contributed by atoms with Crippen molar-refractivity contribution in [2.75, 3.05) is 19.8 Å². The number of carbonyl (C=O) groups excluding carboxylic acids is 2. The number of rotatable bonds is 8. The number of hydrogen-bond donors (Lipinski definition) is 2. The number of hydrogen-bond acceptors (Lipinski definition) is 9. The predicted octanol–water partition coefficient (Wildman–Crippen LogP) is 2.91. The molecule has 46 heavy (non-hydrogen) atoms. The Morgan fingerprint density at radius 2 is 1.91 bits per heavy atom. The first-order chi connectivity index (χ1) is 21.9. The fourth-order valence-corrected chi connectivity index (χ4v) is 6.31. The Morgan fingerprint density at radius 3 is 2.61 bits per heavy atom. The summed E-state index contributed by atoms with van der Waals surface area (Å²) in [6.45, 7) is 2.38. The zero-order valence-electron chi connectivity index (χ0n) is 25.0. The van der Waals surface area contributed by atoms with Gasteiger partial charge in [0.15, 0.2) is 6.10 Å². The van der Waals surface area contributed by atoms with Gasteiger partial charge in [-0.2, -0.15) is 23.4 Å². The zero-order chi connectivity index (χ0) is 32.6. The van der Waals surface area contributed by atoms with E-state index < -0.39 is 48.7 Å². The summed E-state index contributed by atoms with van der Waals surface area (Å²) in [7, 11) is 0. The van der Waals surface area contributed by atoms with E-state index in [1.807, 2.05) is 0 Å². The van der Waals surface area contributed by atoms with Crippen LogP contribution in [0.3, 0.4) is 0 Å². The fraction of sp³-hybridized carbons (Fsp3) is 0.679. The SMILES string of the molecule is CCn1ncnc1C(=O)N[C@H](c1cn2nc(CC3OC(C(F)(F)F)CNC3=O)c(C3CCOCC3)nc2n1)C1CCC(F)(F)CC1. The van der Waals surface area contributed by atoms with Crippen molar-refractivity contribution in [3.05, 3.63) is 35.4 Å². The van der Waals surface area contributed by atoms with Crippen LogP contribution in [0.25, 0.3) is 5.78 Å². The molecule has 3 aliphatic rings. The summed E-state index contributed by atoms with van der Waals surface area (Å²) in [5.74, 6) is -4.39. The maximum atomic E-state index is 14.1. The van der Waals surface area contributed by atoms with Gasteiger partial charge in [0, 0.05) is 44.9 Å². The Hall–Kier alpha value is -3.80. The first-order valence-electron chi connectivity index (χ1n) is 15.3. The van der Waals surface area contributed by atoms with Gasteiger partial charge in [0.05, 0.1) is 35.9 Å². The van der Waals surface area contributed by atoms with Crippen molar-refractivity contribution in [2.45, 2.75) is 94.7 Å². The Morgan fingerprint density at radius 1 is 1.17 bits per heavy atom. The second-order valence-corrected chi connectivity index (χ2v) is 11.9. The monoisotopic (exact) mass is 655 g/mol. The third-order valence-corrected chi connectivity index (χ3v) is 8.82. The summed E-state index contributed by atoms with van der Waals surface area (Å²) in [5.41, 5.74) is 1.05. The van der Waals surface area contributed by atoms with Crippen LogP contribution in [-0.4, -0.2) is 90.2 Å². The highest BCUT2D eigenvalue weighted by atomic mass is 19.4. The molecule has 1 saturated carbocycles. The molecule has 3 aromatic rings. The molecule has 2 amide bonds. The standard InChI is InChI=1S/C28H34F5N9O4/c1-2-41-23(35-14-36-41)25(44)38-22(15-3-7-27(29,30)8-4-15)18-13-42-26(37-18)39-21(16-5-9-45-10-6-16)17(40-42)11-19-24(43)34-12-20(46-19)28(31,32)33/h13-16,19-20,22H,2-12H2,1H3,(H,34,43)(H,38,44)/t19?,20?,22-/m0/s1. The molecule has 0 radical (unpaired) electrons. The second kappa shape index (κ2) is 12.8. The summed E-state index contributed by atoms with van der Waals surface area (Å²) in [6.07, 6.45) is -5.10. The summed E-state index contributed by atoms with van der Waals surface area (Å²) in [5, 5.41) is 13.9. The van der Waals surface area contributed by atoms with Crippen molar-refractivity contribution in [1.82, 2.24) is 45.0 Å². The van der Waals surface area contributed by atoms with Gasteiger partial charge in [-0.15, -0.1) is 0 Å². The van der Waals surface area contributed by atoms with Gasteiger partial charge in [-0.25, -0.2) is 32.9 Å². The molecule has 0 aromatic carbocycles. The normalized spacial score (nSPS) is 23.7. The number of halogens is 5. The van der Waals surface area contributed by atoms with Gasteiger partial charge >= 0.3 is 6.18 Å². The van der Waals surface area contributed by atoms with Crippen LogP contribution in [-0.2, 0) is 27.2 Å². The number of fused-ring (bicyclic) bond motifs is 1. The van der Waals surface area contributed by atoms with Crippen LogP contribution in [0.5, 0.6) is 0 Å². The quantitative estimate of drug-likeness (QED) is 0.349. The maximum absolute atomic E-state index is 14.1. The number of nitrogens with zero attached hydrogens (tertiary/aromatic N) is 7. The molecule has 0 spiro atoms. The molecular formula is C28H34F5N9O4. The lowest BCUT2D eigenvalue weighted by Crippen LogP contribution is -2.55. The largest absolute Gasteiger partial charge is 0.416 e. The van der Waals surface area contributed by atoms with Crippen molar-refractivity contribution >= 4 is 17.6 Å². The van der Waals surface area contributed by atoms with Crippen molar-refractivity contribution in [3.8, 4) is 0 Å². The van der Waals surface area contributed by atoms with E-state index in [2.05, 4.69) is 30.8 Å². The summed E-state index contributed by atoms with van der Waals surface area (Å²) >= 11 is 0. The Kier molecular flexibility index (Phi) is 8.93. The highest BCUT2D eigenvalue weighted by molar-refractivity contribution is 5.90. The van der Waals surface area contributed by atoms with Crippen molar-refractivity contribution < 1.29 is 41.0 Å². The molecule has 2 aliphatic heterocycles. The minimum absolute atomic E-state index is 0.0562. The second-order valence-electron chi connectivity index (χ2n) is 11.9. The van der Waals surface area contributed by atoms with E-state index in [0.29, 0.717) is 44.0 Å². The zero-order valence-corrected chi connectivity index (χ0v) is 25.0. The highest BCUT2D eigenvalue weighted by Crippen LogP contribution is 2.41. The predicted molar refractivity (Wildman–Crippen MR) is 148 cm³/mol. The minimum atomic E-state index is -4.67. The summed E-state index contributed by atoms with van der Waals surface area (Å²) < 4.78 is 82.0. The molecule has 3 atom stereocenters. The number of morpholine rings is 1. The van der Waals surface area contributed by atoms with E-state index in [0.717, 1.165) is 0 Å². The summed E-state index contributed by atoms with van der Waals surface area (Å²) in [4.78, 5) is 39.4. The van der Waals surface area contributed by atoms with Gasteiger partial charge in [-0.3, -0.25) is 9.59 Å². The molecule has 2 saturated heterocycles. The molecule has 1 aliphatic carbocycles. The van der Waals surface area contributed by atoms with E-state index in [-0.39, 0.29) is 61.2 Å². The van der Waals surface area contributed by atoms with E-state index in [4.69, 9.17) is 14.5 Å². The molecule has 2 N–H and O–H groups in total. The third kappa shape index (κ3) is 6.82. The van der Waals surface area contributed by atoms with E-state index in [1.54, 1.807) is 6.92 Å². The van der Waals surface area contributed by atoms with Crippen molar-refractivity contribution in [2.24, 2.45) is 5.92 Å². The van der Waals surface area contributed by atoms with Crippen LogP contribution in [0, 0.1) is 5.92 Å². The number of ether oxygens (including phenoxy) is 2. The lowest BCUT2D eigenvalue weighted by Gasteiger charge is -2.33. The van der Waals surface area contributed by atoms with Crippen LogP contribution >= 0.6 is 0 Å². The van der Waals surface area contributed by atoms with Gasteiger partial charge in [0.25, 0.3) is 11.7 Å². The molecule has 18 heteroatoms. The van der Waals surface area contributed by atoms with Gasteiger partial charge < -0.3 is 20.1 Å². The minimum Gasteiger partial charge on any atom is -0.381 e.